The quantitative estimate of drug-likeness (QED) is 0.265. The van der Waals surface area contributed by atoms with Gasteiger partial charge in [-0.25, -0.2) is 12.8 Å². The molecule has 1 fully saturated rings. The Hall–Kier alpha value is -2.85. The average Bonchev–Trinajstić information content (AvgIpc) is 3.45. The smallest absolute Gasteiger partial charge is 0.244 e. The molecule has 42 heavy (non-hydrogen) atoms. The molecule has 3 aromatic carbocycles. The van der Waals surface area contributed by atoms with Crippen molar-refractivity contribution in [3.05, 3.63) is 98.7 Å². The van der Waals surface area contributed by atoms with E-state index in [0.717, 1.165) is 53.9 Å². The van der Waals surface area contributed by atoms with E-state index in [1.807, 2.05) is 30.3 Å². The molecule has 3 aromatic rings. The van der Waals surface area contributed by atoms with E-state index in [4.69, 9.17) is 34.8 Å². The molecule has 0 spiro atoms. The summed E-state index contributed by atoms with van der Waals surface area (Å²) in [7, 11) is -4.03. The van der Waals surface area contributed by atoms with Gasteiger partial charge in [-0.05, 0) is 54.3 Å². The van der Waals surface area contributed by atoms with Crippen molar-refractivity contribution in [2.45, 2.75) is 50.7 Å². The number of benzene rings is 3. The van der Waals surface area contributed by atoms with Crippen LogP contribution in [0, 0.1) is 5.82 Å². The van der Waals surface area contributed by atoms with Crippen molar-refractivity contribution in [3.8, 4) is 0 Å². The number of amides is 2. The molecule has 7 nitrogen and oxygen atoms in total. The van der Waals surface area contributed by atoms with E-state index in [9.17, 15) is 22.4 Å². The first-order valence-corrected chi connectivity index (χ1v) is 16.4. The van der Waals surface area contributed by atoms with Crippen molar-refractivity contribution in [2.24, 2.45) is 0 Å². The highest BCUT2D eigenvalue weighted by Gasteiger charge is 2.34. The summed E-state index contributed by atoms with van der Waals surface area (Å²) in [6.45, 7) is -0.750. The summed E-state index contributed by atoms with van der Waals surface area (Å²) in [6.07, 6.45) is 4.80. The number of carbonyl (C=O) groups is 2. The first kappa shape index (κ1) is 32.1. The second kappa shape index (κ2) is 14.1. The van der Waals surface area contributed by atoms with Gasteiger partial charge in [0.1, 0.15) is 18.4 Å². The molecule has 0 radical (unpaired) electrons. The first-order valence-electron chi connectivity index (χ1n) is 13.4. The van der Waals surface area contributed by atoms with Crippen LogP contribution in [0.25, 0.3) is 0 Å². The molecular formula is C30H31Cl3FN3O4S. The minimum atomic E-state index is -4.03. The normalized spacial score (nSPS) is 14.4. The van der Waals surface area contributed by atoms with Crippen LogP contribution >= 0.6 is 34.8 Å². The van der Waals surface area contributed by atoms with Crippen molar-refractivity contribution in [3.63, 3.8) is 0 Å². The summed E-state index contributed by atoms with van der Waals surface area (Å²) in [5.74, 6) is -1.74. The zero-order valence-corrected chi connectivity index (χ0v) is 26.0. The van der Waals surface area contributed by atoms with Crippen molar-refractivity contribution < 1.29 is 22.4 Å². The molecule has 224 valence electrons. The van der Waals surface area contributed by atoms with Crippen LogP contribution in [-0.2, 0) is 32.6 Å². The summed E-state index contributed by atoms with van der Waals surface area (Å²) >= 11 is 18.5. The number of anilines is 1. The maximum atomic E-state index is 14.1. The fourth-order valence-corrected chi connectivity index (χ4v) is 6.49. The summed E-state index contributed by atoms with van der Waals surface area (Å²) < 4.78 is 40.5. The Bertz CT molecular complexity index is 1540. The number of nitrogens with zero attached hydrogens (tertiary/aromatic N) is 2. The lowest BCUT2D eigenvalue weighted by atomic mass is 10.0. The molecule has 0 heterocycles. The molecule has 1 saturated carbocycles. The number of hydrogen-bond donors (Lipinski definition) is 1. The standard InChI is InChI=1S/C30H31Cl3FN3O4S/c1-42(40,41)37(24-13-14-27(34)26(33)17-24)19-29(38)36(18-21-11-12-22(31)16-25(21)32)28(15-20-7-3-2-4-8-20)30(39)35-23-9-5-6-10-23/h2-4,7-8,11-14,16-17,23,28H,5-6,9-10,15,18-19H2,1H3,(H,35,39)/t28-/m1/s1. The third kappa shape index (κ3) is 8.37. The molecule has 0 bridgehead atoms. The average molecular weight is 655 g/mol. The van der Waals surface area contributed by atoms with Crippen LogP contribution in [0.3, 0.4) is 0 Å². The van der Waals surface area contributed by atoms with Gasteiger partial charge in [0, 0.05) is 29.1 Å². The van der Waals surface area contributed by atoms with Crippen molar-refractivity contribution >= 4 is 62.3 Å². The molecule has 12 heteroatoms. The van der Waals surface area contributed by atoms with Crippen LogP contribution in [0.1, 0.15) is 36.8 Å². The Morgan fingerprint density at radius 2 is 1.67 bits per heavy atom. The number of halogens is 4. The fourth-order valence-electron chi connectivity index (χ4n) is 5.01. The van der Waals surface area contributed by atoms with Gasteiger partial charge in [0.15, 0.2) is 0 Å². The second-order valence-electron chi connectivity index (χ2n) is 10.3. The van der Waals surface area contributed by atoms with Crippen LogP contribution in [0.15, 0.2) is 66.7 Å². The monoisotopic (exact) mass is 653 g/mol. The summed E-state index contributed by atoms with van der Waals surface area (Å²) in [6, 6.07) is 16.5. The van der Waals surface area contributed by atoms with Gasteiger partial charge >= 0.3 is 0 Å². The number of nitrogens with one attached hydrogen (secondary N) is 1. The Kier molecular flexibility index (Phi) is 10.8. The summed E-state index contributed by atoms with van der Waals surface area (Å²) in [4.78, 5) is 29.4. The predicted octanol–water partition coefficient (Wildman–Crippen LogP) is 6.25. The van der Waals surface area contributed by atoms with E-state index in [0.29, 0.717) is 15.6 Å². The third-order valence-corrected chi connectivity index (χ3v) is 9.22. The van der Waals surface area contributed by atoms with Gasteiger partial charge in [0.2, 0.25) is 21.8 Å². The summed E-state index contributed by atoms with van der Waals surface area (Å²) in [5, 5.41) is 3.49. The van der Waals surface area contributed by atoms with Gasteiger partial charge in [0.25, 0.3) is 0 Å². The molecule has 1 aliphatic rings. The number of rotatable bonds is 11. The van der Waals surface area contributed by atoms with Crippen LogP contribution in [0.5, 0.6) is 0 Å². The second-order valence-corrected chi connectivity index (χ2v) is 13.5. The van der Waals surface area contributed by atoms with E-state index in [-0.39, 0.29) is 35.6 Å². The topological polar surface area (TPSA) is 86.8 Å². The van der Waals surface area contributed by atoms with Gasteiger partial charge in [-0.2, -0.15) is 0 Å². The molecule has 1 atom stereocenters. The molecular weight excluding hydrogens is 624 g/mol. The molecule has 4 rings (SSSR count). The number of sulfonamides is 1. The maximum absolute atomic E-state index is 14.1. The SMILES string of the molecule is CS(=O)(=O)N(CC(=O)N(Cc1ccc(Cl)cc1Cl)[C@H](Cc1ccccc1)C(=O)NC1CCCC1)c1ccc(F)c(Cl)c1. The molecule has 2 amide bonds. The molecule has 0 aromatic heterocycles. The molecule has 1 N–H and O–H groups in total. The van der Waals surface area contributed by atoms with Gasteiger partial charge in [-0.3, -0.25) is 13.9 Å². The number of hydrogen-bond acceptors (Lipinski definition) is 4. The molecule has 0 saturated heterocycles. The fraction of sp³-hybridized carbons (Fsp3) is 0.333. The van der Waals surface area contributed by atoms with Gasteiger partial charge in [-0.1, -0.05) is 84.0 Å². The van der Waals surface area contributed by atoms with Crippen LogP contribution in [-0.4, -0.2) is 50.0 Å². The Morgan fingerprint density at radius 1 is 0.976 bits per heavy atom. The van der Waals surface area contributed by atoms with Crippen molar-refractivity contribution in [1.29, 1.82) is 0 Å². The highest BCUT2D eigenvalue weighted by molar-refractivity contribution is 7.92. The minimum Gasteiger partial charge on any atom is -0.352 e. The van der Waals surface area contributed by atoms with E-state index in [1.54, 1.807) is 12.1 Å². The van der Waals surface area contributed by atoms with Gasteiger partial charge in [0.05, 0.1) is 17.0 Å². The van der Waals surface area contributed by atoms with Crippen molar-refractivity contribution in [1.82, 2.24) is 10.2 Å². The highest BCUT2D eigenvalue weighted by Crippen LogP contribution is 2.27. The maximum Gasteiger partial charge on any atom is 0.244 e. The highest BCUT2D eigenvalue weighted by atomic mass is 35.5. The number of carbonyl (C=O) groups excluding carboxylic acids is 2. The molecule has 1 aliphatic carbocycles. The molecule has 0 aliphatic heterocycles. The van der Waals surface area contributed by atoms with E-state index < -0.39 is 34.3 Å². The predicted molar refractivity (Wildman–Crippen MR) is 165 cm³/mol. The van der Waals surface area contributed by atoms with E-state index in [1.165, 1.54) is 17.0 Å². The Balaban J connectivity index is 1.75. The van der Waals surface area contributed by atoms with E-state index in [2.05, 4.69) is 5.32 Å². The van der Waals surface area contributed by atoms with Gasteiger partial charge in [-0.15, -0.1) is 0 Å². The largest absolute Gasteiger partial charge is 0.352 e. The zero-order chi connectivity index (χ0) is 30.4. The Labute approximate surface area is 260 Å². The van der Waals surface area contributed by atoms with Crippen molar-refractivity contribution in [2.75, 3.05) is 17.1 Å². The Morgan fingerprint density at radius 3 is 2.29 bits per heavy atom. The third-order valence-electron chi connectivity index (χ3n) is 7.20. The zero-order valence-electron chi connectivity index (χ0n) is 22.9. The lowest BCUT2D eigenvalue weighted by Crippen LogP contribution is -2.54. The van der Waals surface area contributed by atoms with Crippen LogP contribution < -0.4 is 9.62 Å². The first-order chi connectivity index (χ1) is 19.9. The lowest BCUT2D eigenvalue weighted by Gasteiger charge is -2.34. The van der Waals surface area contributed by atoms with E-state index >= 15 is 0 Å². The minimum absolute atomic E-state index is 0.0109. The van der Waals surface area contributed by atoms with Gasteiger partial charge < -0.3 is 10.2 Å². The summed E-state index contributed by atoms with van der Waals surface area (Å²) in [5.41, 5.74) is 1.35. The van der Waals surface area contributed by atoms with Crippen LogP contribution in [0.4, 0.5) is 10.1 Å². The van der Waals surface area contributed by atoms with Crippen LogP contribution in [0.2, 0.25) is 15.1 Å². The molecule has 0 unspecified atom stereocenters. The lowest BCUT2D eigenvalue weighted by molar-refractivity contribution is -0.140.